The van der Waals surface area contributed by atoms with Crippen LogP contribution in [0.15, 0.2) is 45.0 Å². The first-order chi connectivity index (χ1) is 15.2. The standard InChI is InChI=1S/C22H24N2O6S2/c1-13-6-7-17(9-14(13)2)32(27,28)24-11-16(25)10-19(24)22(26)29-12-18-15(3)30-21(23-18)20-5-4-8-31-20/h4-9,16,19,25H,10-12H2,1-3H3/t16-,19+/m1/s1. The maximum Gasteiger partial charge on any atom is 0.324 e. The fourth-order valence-electron chi connectivity index (χ4n) is 3.58. The number of oxazole rings is 1. The number of carbonyl (C=O) groups is 1. The molecule has 0 aliphatic carbocycles. The van der Waals surface area contributed by atoms with Crippen molar-refractivity contribution in [3.63, 3.8) is 0 Å². The summed E-state index contributed by atoms with van der Waals surface area (Å²) in [6, 6.07) is 7.45. The molecule has 2 aromatic heterocycles. The maximum absolute atomic E-state index is 13.2. The third-order valence-corrected chi connectivity index (χ3v) is 8.29. The molecule has 0 radical (unpaired) electrons. The van der Waals surface area contributed by atoms with E-state index in [1.165, 1.54) is 17.4 Å². The van der Waals surface area contributed by atoms with Crippen LogP contribution in [0.2, 0.25) is 0 Å². The molecule has 0 spiro atoms. The molecular formula is C22H24N2O6S2. The van der Waals surface area contributed by atoms with Crippen molar-refractivity contribution in [3.8, 4) is 10.8 Å². The summed E-state index contributed by atoms with van der Waals surface area (Å²) in [4.78, 5) is 18.1. The van der Waals surface area contributed by atoms with Gasteiger partial charge < -0.3 is 14.3 Å². The van der Waals surface area contributed by atoms with Crippen molar-refractivity contribution in [2.24, 2.45) is 0 Å². The molecule has 32 heavy (non-hydrogen) atoms. The first kappa shape index (κ1) is 22.7. The van der Waals surface area contributed by atoms with E-state index in [4.69, 9.17) is 9.15 Å². The summed E-state index contributed by atoms with van der Waals surface area (Å²) in [7, 11) is -3.98. The number of sulfonamides is 1. The minimum absolute atomic E-state index is 0.0266. The Hall–Kier alpha value is -2.53. The highest BCUT2D eigenvalue weighted by Crippen LogP contribution is 2.29. The highest BCUT2D eigenvalue weighted by atomic mass is 32.2. The third-order valence-electron chi connectivity index (χ3n) is 5.57. The van der Waals surface area contributed by atoms with Crippen molar-refractivity contribution in [3.05, 3.63) is 58.3 Å². The number of aryl methyl sites for hydroxylation is 3. The Morgan fingerprint density at radius 1 is 1.28 bits per heavy atom. The van der Waals surface area contributed by atoms with Crippen LogP contribution >= 0.6 is 11.3 Å². The van der Waals surface area contributed by atoms with Crippen molar-refractivity contribution >= 4 is 27.3 Å². The zero-order chi connectivity index (χ0) is 23.0. The lowest BCUT2D eigenvalue weighted by atomic mass is 10.1. The number of hydrogen-bond acceptors (Lipinski definition) is 8. The van der Waals surface area contributed by atoms with Gasteiger partial charge in [0, 0.05) is 13.0 Å². The van der Waals surface area contributed by atoms with Crippen LogP contribution in [0.3, 0.4) is 0 Å². The fraction of sp³-hybridized carbons (Fsp3) is 0.364. The van der Waals surface area contributed by atoms with Gasteiger partial charge in [0.25, 0.3) is 0 Å². The quantitative estimate of drug-likeness (QED) is 0.544. The van der Waals surface area contributed by atoms with Crippen LogP contribution in [-0.2, 0) is 26.2 Å². The van der Waals surface area contributed by atoms with Gasteiger partial charge in [-0.2, -0.15) is 4.31 Å². The molecule has 0 amide bonds. The van der Waals surface area contributed by atoms with E-state index >= 15 is 0 Å². The van der Waals surface area contributed by atoms with Crippen LogP contribution in [0, 0.1) is 20.8 Å². The van der Waals surface area contributed by atoms with Crippen molar-refractivity contribution in [2.75, 3.05) is 6.54 Å². The molecule has 0 saturated carbocycles. The van der Waals surface area contributed by atoms with Crippen molar-refractivity contribution in [1.29, 1.82) is 0 Å². The SMILES string of the molecule is Cc1ccc(S(=O)(=O)N2C[C@H](O)C[C@H]2C(=O)OCc2nc(-c3cccs3)oc2C)cc1C. The van der Waals surface area contributed by atoms with E-state index in [0.29, 0.717) is 17.3 Å². The largest absolute Gasteiger partial charge is 0.458 e. The van der Waals surface area contributed by atoms with Gasteiger partial charge in [-0.15, -0.1) is 11.3 Å². The van der Waals surface area contributed by atoms with Crippen LogP contribution in [-0.4, -0.2) is 47.5 Å². The van der Waals surface area contributed by atoms with Gasteiger partial charge in [0.2, 0.25) is 15.9 Å². The Morgan fingerprint density at radius 3 is 2.75 bits per heavy atom. The van der Waals surface area contributed by atoms with Gasteiger partial charge >= 0.3 is 5.97 Å². The lowest BCUT2D eigenvalue weighted by Crippen LogP contribution is -2.41. The lowest BCUT2D eigenvalue weighted by molar-refractivity contribution is -0.149. The highest BCUT2D eigenvalue weighted by Gasteiger charge is 2.44. The molecule has 1 fully saturated rings. The molecule has 3 aromatic rings. The van der Waals surface area contributed by atoms with Crippen molar-refractivity contribution in [2.45, 2.75) is 50.8 Å². The average molecular weight is 477 g/mol. The number of nitrogens with zero attached hydrogens (tertiary/aromatic N) is 2. The van der Waals surface area contributed by atoms with E-state index in [9.17, 15) is 18.3 Å². The summed E-state index contributed by atoms with van der Waals surface area (Å²) in [6.45, 7) is 5.12. The Labute approximate surface area is 190 Å². The molecule has 1 N–H and O–H groups in total. The number of aliphatic hydroxyl groups excluding tert-OH is 1. The Bertz CT molecular complexity index is 1230. The number of benzene rings is 1. The predicted molar refractivity (Wildman–Crippen MR) is 119 cm³/mol. The van der Waals surface area contributed by atoms with Gasteiger partial charge in [-0.1, -0.05) is 12.1 Å². The van der Waals surface area contributed by atoms with E-state index in [0.717, 1.165) is 20.3 Å². The second-order valence-corrected chi connectivity index (χ2v) is 10.7. The molecule has 8 nitrogen and oxygen atoms in total. The molecule has 2 atom stereocenters. The van der Waals surface area contributed by atoms with Crippen LogP contribution in [0.4, 0.5) is 0 Å². The van der Waals surface area contributed by atoms with Gasteiger partial charge in [-0.3, -0.25) is 4.79 Å². The molecule has 0 unspecified atom stereocenters. The number of rotatable bonds is 6. The van der Waals surface area contributed by atoms with Crippen LogP contribution in [0.5, 0.6) is 0 Å². The number of esters is 1. The average Bonchev–Trinajstić information content (AvgIpc) is 3.48. The summed E-state index contributed by atoms with van der Waals surface area (Å²) < 4.78 is 38.5. The molecule has 1 aliphatic heterocycles. The van der Waals surface area contributed by atoms with E-state index in [-0.39, 0.29) is 24.5 Å². The summed E-state index contributed by atoms with van der Waals surface area (Å²) >= 11 is 1.48. The number of thiophene rings is 1. The van der Waals surface area contributed by atoms with E-state index in [1.54, 1.807) is 19.1 Å². The summed E-state index contributed by atoms with van der Waals surface area (Å²) in [5, 5.41) is 12.0. The third kappa shape index (κ3) is 4.36. The van der Waals surface area contributed by atoms with Gasteiger partial charge in [0.05, 0.1) is 15.9 Å². The van der Waals surface area contributed by atoms with Gasteiger partial charge in [-0.25, -0.2) is 13.4 Å². The van der Waals surface area contributed by atoms with Gasteiger partial charge in [-0.05, 0) is 55.5 Å². The maximum atomic E-state index is 13.2. The molecule has 3 heterocycles. The van der Waals surface area contributed by atoms with Gasteiger partial charge in [0.1, 0.15) is 24.1 Å². The summed E-state index contributed by atoms with van der Waals surface area (Å²) in [5.74, 6) is 0.236. The molecule has 1 aromatic carbocycles. The molecule has 1 saturated heterocycles. The monoisotopic (exact) mass is 476 g/mol. The molecule has 0 bridgehead atoms. The molecule has 4 rings (SSSR count). The lowest BCUT2D eigenvalue weighted by Gasteiger charge is -2.22. The number of aliphatic hydroxyl groups is 1. The minimum Gasteiger partial charge on any atom is -0.458 e. The summed E-state index contributed by atoms with van der Waals surface area (Å²) in [6.07, 6.45) is -0.977. The van der Waals surface area contributed by atoms with Crippen LogP contribution in [0.1, 0.15) is 29.0 Å². The minimum atomic E-state index is -3.98. The first-order valence-corrected chi connectivity index (χ1v) is 12.4. The van der Waals surface area contributed by atoms with Crippen LogP contribution in [0.25, 0.3) is 10.8 Å². The first-order valence-electron chi connectivity index (χ1n) is 10.1. The fourth-order valence-corrected chi connectivity index (χ4v) is 5.94. The van der Waals surface area contributed by atoms with Crippen molar-refractivity contribution in [1.82, 2.24) is 9.29 Å². The number of ether oxygens (including phenoxy) is 1. The molecular weight excluding hydrogens is 452 g/mol. The Balaban J connectivity index is 1.51. The topological polar surface area (TPSA) is 110 Å². The van der Waals surface area contributed by atoms with E-state index in [2.05, 4.69) is 4.98 Å². The normalized spacial score (nSPS) is 19.4. The highest BCUT2D eigenvalue weighted by molar-refractivity contribution is 7.89. The number of aromatic nitrogens is 1. The molecule has 170 valence electrons. The molecule has 10 heteroatoms. The van der Waals surface area contributed by atoms with E-state index in [1.807, 2.05) is 31.4 Å². The zero-order valence-corrected chi connectivity index (χ0v) is 19.6. The van der Waals surface area contributed by atoms with Gasteiger partial charge in [0.15, 0.2) is 0 Å². The number of β-amino-alcohol motifs (C(OH)–C–C–N with tert-alkyl or cyclic N) is 1. The van der Waals surface area contributed by atoms with Crippen molar-refractivity contribution < 1.29 is 27.5 Å². The zero-order valence-electron chi connectivity index (χ0n) is 17.9. The molecule has 1 aliphatic rings. The van der Waals surface area contributed by atoms with Crippen LogP contribution < -0.4 is 0 Å². The summed E-state index contributed by atoms with van der Waals surface area (Å²) in [5.41, 5.74) is 2.25. The predicted octanol–water partition coefficient (Wildman–Crippen LogP) is 3.20. The smallest absolute Gasteiger partial charge is 0.324 e. The second kappa shape index (κ2) is 8.78. The second-order valence-electron chi connectivity index (χ2n) is 7.83. The van der Waals surface area contributed by atoms with E-state index < -0.39 is 28.1 Å². The number of carbonyl (C=O) groups excluding carboxylic acids is 1. The number of hydrogen-bond donors (Lipinski definition) is 1. The Morgan fingerprint density at radius 2 is 2.06 bits per heavy atom. The Kier molecular flexibility index (Phi) is 6.22.